The van der Waals surface area contributed by atoms with Gasteiger partial charge in [0, 0.05) is 17.5 Å². The number of carbonyl (C=O) groups excluding carboxylic acids is 1. The number of nitrogens with one attached hydrogen (secondary N) is 2. The fraction of sp³-hybridized carbons (Fsp3) is 0.381. The zero-order valence-corrected chi connectivity index (χ0v) is 17.4. The van der Waals surface area contributed by atoms with Crippen molar-refractivity contribution in [1.82, 2.24) is 5.32 Å². The largest absolute Gasteiger partial charge is 0.351 e. The molecule has 7 heteroatoms. The Morgan fingerprint density at radius 3 is 2.39 bits per heavy atom. The van der Waals surface area contributed by atoms with Gasteiger partial charge in [-0.15, -0.1) is 0 Å². The Morgan fingerprint density at radius 1 is 0.964 bits per heavy atom. The first-order valence-electron chi connectivity index (χ1n) is 9.63. The van der Waals surface area contributed by atoms with Crippen molar-refractivity contribution in [3.8, 4) is 0 Å². The lowest BCUT2D eigenvalue weighted by molar-refractivity contribution is 0.0957. The van der Waals surface area contributed by atoms with Crippen LogP contribution in [0.25, 0.3) is 0 Å². The zero-order chi connectivity index (χ0) is 19.8. The van der Waals surface area contributed by atoms with Crippen LogP contribution < -0.4 is 10.0 Å². The number of amides is 1. The Kier molecular flexibility index (Phi) is 7.39. The SMILES string of the molecule is O=C(NCCSC1CCCCC1)c1ccccc1NS(=O)(=O)c1ccccc1. The van der Waals surface area contributed by atoms with Gasteiger partial charge in [0.1, 0.15) is 0 Å². The lowest BCUT2D eigenvalue weighted by atomic mass is 10.0. The number of hydrogen-bond donors (Lipinski definition) is 2. The van der Waals surface area contributed by atoms with Crippen molar-refractivity contribution in [3.05, 3.63) is 60.2 Å². The number of benzene rings is 2. The number of sulfonamides is 1. The summed E-state index contributed by atoms with van der Waals surface area (Å²) >= 11 is 1.92. The smallest absolute Gasteiger partial charge is 0.261 e. The molecule has 2 aromatic carbocycles. The summed E-state index contributed by atoms with van der Waals surface area (Å²) in [5.41, 5.74) is 0.605. The molecule has 0 bridgehead atoms. The Hall–Kier alpha value is -1.99. The van der Waals surface area contributed by atoms with Crippen LogP contribution in [0.15, 0.2) is 59.5 Å². The van der Waals surface area contributed by atoms with Crippen molar-refractivity contribution in [2.45, 2.75) is 42.2 Å². The summed E-state index contributed by atoms with van der Waals surface area (Å²) in [7, 11) is -3.74. The van der Waals surface area contributed by atoms with Gasteiger partial charge in [0.15, 0.2) is 0 Å². The van der Waals surface area contributed by atoms with Crippen LogP contribution in [0.2, 0.25) is 0 Å². The van der Waals surface area contributed by atoms with Gasteiger partial charge in [-0.05, 0) is 37.1 Å². The predicted octanol–water partition coefficient (Wildman–Crippen LogP) is 4.28. The van der Waals surface area contributed by atoms with Gasteiger partial charge in [-0.25, -0.2) is 8.42 Å². The highest BCUT2D eigenvalue weighted by molar-refractivity contribution is 7.99. The lowest BCUT2D eigenvalue weighted by Crippen LogP contribution is -2.27. The maximum atomic E-state index is 12.6. The van der Waals surface area contributed by atoms with Gasteiger partial charge in [-0.3, -0.25) is 9.52 Å². The second kappa shape index (κ2) is 9.98. The van der Waals surface area contributed by atoms with Gasteiger partial charge in [0.2, 0.25) is 0 Å². The molecule has 3 rings (SSSR count). The van der Waals surface area contributed by atoms with Crippen molar-refractivity contribution < 1.29 is 13.2 Å². The van der Waals surface area contributed by atoms with Crippen LogP contribution in [0.4, 0.5) is 5.69 Å². The van der Waals surface area contributed by atoms with E-state index >= 15 is 0 Å². The molecule has 0 radical (unpaired) electrons. The molecule has 0 heterocycles. The number of anilines is 1. The van der Waals surface area contributed by atoms with Crippen LogP contribution in [0.5, 0.6) is 0 Å². The van der Waals surface area contributed by atoms with Crippen molar-refractivity contribution in [2.75, 3.05) is 17.0 Å². The first-order chi connectivity index (χ1) is 13.6. The standard InChI is InChI=1S/C21H26N2O3S2/c24-21(22-15-16-27-17-9-3-1-4-10-17)19-13-7-8-14-20(19)23-28(25,26)18-11-5-2-6-12-18/h2,5-8,11-14,17,23H,1,3-4,9-10,15-16H2,(H,22,24). The zero-order valence-electron chi connectivity index (χ0n) is 15.8. The van der Waals surface area contributed by atoms with E-state index in [9.17, 15) is 13.2 Å². The summed E-state index contributed by atoms with van der Waals surface area (Å²) in [6.45, 7) is 0.569. The third kappa shape index (κ3) is 5.75. The van der Waals surface area contributed by atoms with Crippen LogP contribution in [-0.4, -0.2) is 31.9 Å². The number of carbonyl (C=O) groups is 1. The van der Waals surface area contributed by atoms with Gasteiger partial charge >= 0.3 is 0 Å². The fourth-order valence-corrected chi connectivity index (χ4v) is 5.61. The third-order valence-corrected chi connectivity index (χ3v) is 7.53. The summed E-state index contributed by atoms with van der Waals surface area (Å²) in [6, 6.07) is 14.8. The fourth-order valence-electron chi connectivity index (χ4n) is 3.29. The molecule has 0 unspecified atom stereocenters. The van der Waals surface area contributed by atoms with Crippen molar-refractivity contribution in [1.29, 1.82) is 0 Å². The van der Waals surface area contributed by atoms with E-state index in [1.807, 2.05) is 11.8 Å². The molecule has 1 amide bonds. The molecule has 150 valence electrons. The quantitative estimate of drug-likeness (QED) is 0.628. The average Bonchev–Trinajstić information content (AvgIpc) is 2.72. The maximum absolute atomic E-state index is 12.6. The van der Waals surface area contributed by atoms with Gasteiger partial charge in [0.05, 0.1) is 16.1 Å². The molecule has 2 aromatic rings. The number of hydrogen-bond acceptors (Lipinski definition) is 4. The highest BCUT2D eigenvalue weighted by Crippen LogP contribution is 2.27. The van der Waals surface area contributed by atoms with E-state index in [0.717, 1.165) is 5.75 Å². The topological polar surface area (TPSA) is 75.3 Å². The predicted molar refractivity (Wildman–Crippen MR) is 115 cm³/mol. The van der Waals surface area contributed by atoms with E-state index in [2.05, 4.69) is 10.0 Å². The first kappa shape index (κ1) is 20.7. The third-order valence-electron chi connectivity index (χ3n) is 4.76. The van der Waals surface area contributed by atoms with E-state index < -0.39 is 10.0 Å². The Morgan fingerprint density at radius 2 is 1.64 bits per heavy atom. The minimum Gasteiger partial charge on any atom is -0.351 e. The van der Waals surface area contributed by atoms with Gasteiger partial charge in [0.25, 0.3) is 15.9 Å². The molecule has 0 saturated heterocycles. The Balaban J connectivity index is 1.59. The van der Waals surface area contributed by atoms with E-state index in [-0.39, 0.29) is 16.5 Å². The Bertz CT molecular complexity index is 880. The molecule has 0 spiro atoms. The summed E-state index contributed by atoms with van der Waals surface area (Å²) in [5.74, 6) is 0.601. The summed E-state index contributed by atoms with van der Waals surface area (Å²) in [4.78, 5) is 12.7. The molecule has 1 fully saturated rings. The maximum Gasteiger partial charge on any atom is 0.261 e. The van der Waals surface area contributed by atoms with Crippen LogP contribution in [0.3, 0.4) is 0 Å². The van der Waals surface area contributed by atoms with Crippen molar-refractivity contribution >= 4 is 33.4 Å². The monoisotopic (exact) mass is 418 g/mol. The molecule has 0 aromatic heterocycles. The molecule has 28 heavy (non-hydrogen) atoms. The first-order valence-corrected chi connectivity index (χ1v) is 12.2. The van der Waals surface area contributed by atoms with Crippen molar-refractivity contribution in [2.24, 2.45) is 0 Å². The van der Waals surface area contributed by atoms with Crippen LogP contribution in [-0.2, 0) is 10.0 Å². The number of rotatable bonds is 8. The number of para-hydroxylation sites is 1. The number of thioether (sulfide) groups is 1. The van der Waals surface area contributed by atoms with Gasteiger partial charge < -0.3 is 5.32 Å². The molecule has 5 nitrogen and oxygen atoms in total. The molecule has 1 aliphatic rings. The molecule has 2 N–H and O–H groups in total. The normalized spacial score (nSPS) is 15.1. The van der Waals surface area contributed by atoms with Crippen LogP contribution >= 0.6 is 11.8 Å². The highest BCUT2D eigenvalue weighted by Gasteiger charge is 2.18. The minimum absolute atomic E-state index is 0.161. The highest BCUT2D eigenvalue weighted by atomic mass is 32.2. The lowest BCUT2D eigenvalue weighted by Gasteiger charge is -2.21. The molecule has 1 saturated carbocycles. The summed E-state index contributed by atoms with van der Waals surface area (Å²) in [6.07, 6.45) is 6.48. The molecule has 0 atom stereocenters. The van der Waals surface area contributed by atoms with Crippen LogP contribution in [0.1, 0.15) is 42.5 Å². The molecule has 0 aliphatic heterocycles. The van der Waals surface area contributed by atoms with Crippen LogP contribution in [0, 0.1) is 0 Å². The molecular weight excluding hydrogens is 392 g/mol. The second-order valence-corrected chi connectivity index (χ2v) is 9.94. The van der Waals surface area contributed by atoms with E-state index in [1.165, 1.54) is 44.2 Å². The van der Waals surface area contributed by atoms with Gasteiger partial charge in [-0.1, -0.05) is 49.6 Å². The second-order valence-electron chi connectivity index (χ2n) is 6.85. The van der Waals surface area contributed by atoms with E-state index in [1.54, 1.807) is 42.5 Å². The van der Waals surface area contributed by atoms with E-state index in [0.29, 0.717) is 17.4 Å². The van der Waals surface area contributed by atoms with Crippen molar-refractivity contribution in [3.63, 3.8) is 0 Å². The molecule has 1 aliphatic carbocycles. The molecular formula is C21H26N2O3S2. The Labute approximate surface area is 171 Å². The van der Waals surface area contributed by atoms with E-state index in [4.69, 9.17) is 0 Å². The summed E-state index contributed by atoms with van der Waals surface area (Å²) in [5, 5.41) is 3.61. The average molecular weight is 419 g/mol. The minimum atomic E-state index is -3.74. The summed E-state index contributed by atoms with van der Waals surface area (Å²) < 4.78 is 27.7. The van der Waals surface area contributed by atoms with Gasteiger partial charge in [-0.2, -0.15) is 11.8 Å².